The minimum atomic E-state index is 0.896. The highest BCUT2D eigenvalue weighted by atomic mass is 16.5. The van der Waals surface area contributed by atoms with Gasteiger partial charge in [-0.15, -0.1) is 0 Å². The van der Waals surface area contributed by atoms with Gasteiger partial charge in [0, 0.05) is 5.56 Å². The lowest BCUT2D eigenvalue weighted by atomic mass is 10.00. The van der Waals surface area contributed by atoms with Gasteiger partial charge in [-0.3, -0.25) is 0 Å². The smallest absolute Gasteiger partial charge is 0.135 e. The van der Waals surface area contributed by atoms with E-state index in [0.717, 1.165) is 17.1 Å². The molecular weight excluding hydrogens is 256 g/mol. The van der Waals surface area contributed by atoms with Gasteiger partial charge in [0.25, 0.3) is 0 Å². The first-order valence-electron chi connectivity index (χ1n) is 7.13. The van der Waals surface area contributed by atoms with Crippen LogP contribution >= 0.6 is 0 Å². The van der Waals surface area contributed by atoms with Gasteiger partial charge >= 0.3 is 0 Å². The van der Waals surface area contributed by atoms with Crippen LogP contribution in [0.4, 0.5) is 0 Å². The molecule has 0 fully saturated rings. The fourth-order valence-electron chi connectivity index (χ4n) is 2.29. The number of benzene rings is 2. The molecule has 2 aromatic rings. The Morgan fingerprint density at radius 2 is 1.29 bits per heavy atom. The molecule has 0 unspecified atom stereocenters. The molecule has 2 aromatic carbocycles. The van der Waals surface area contributed by atoms with Crippen LogP contribution in [0, 0.1) is 0 Å². The van der Waals surface area contributed by atoms with Gasteiger partial charge in [-0.2, -0.15) is 0 Å². The van der Waals surface area contributed by atoms with Crippen molar-refractivity contribution in [3.05, 3.63) is 95.3 Å². The van der Waals surface area contributed by atoms with Crippen LogP contribution in [0.2, 0.25) is 0 Å². The molecule has 0 aromatic heterocycles. The molecule has 0 N–H and O–H groups in total. The maximum atomic E-state index is 6.05. The van der Waals surface area contributed by atoms with E-state index >= 15 is 0 Å². The summed E-state index contributed by atoms with van der Waals surface area (Å²) in [6.07, 6.45) is 4.22. The zero-order valence-electron chi connectivity index (χ0n) is 12.3. The number of allylic oxidation sites excluding steroid dienone is 4. The Labute approximate surface area is 125 Å². The van der Waals surface area contributed by atoms with Gasteiger partial charge in [0.05, 0.1) is 0 Å². The standard InChI is InChI=1S/C20H18O/c1-15(2)19-13-18(16-9-5-3-6-10-16)14-20(21-19)17-11-7-4-8-12-17/h3-14H,1-2H3. The Bertz CT molecular complexity index is 715. The largest absolute Gasteiger partial charge is 0.457 e. The summed E-state index contributed by atoms with van der Waals surface area (Å²) in [5.74, 6) is 1.82. The van der Waals surface area contributed by atoms with E-state index in [2.05, 4.69) is 62.4 Å². The average Bonchev–Trinajstić information content (AvgIpc) is 2.56. The van der Waals surface area contributed by atoms with Gasteiger partial charge < -0.3 is 4.74 Å². The Morgan fingerprint density at radius 3 is 1.86 bits per heavy atom. The Balaban J connectivity index is 2.09. The summed E-state index contributed by atoms with van der Waals surface area (Å²) in [5, 5.41) is 0. The van der Waals surface area contributed by atoms with Crippen LogP contribution in [-0.2, 0) is 4.74 Å². The summed E-state index contributed by atoms with van der Waals surface area (Å²) in [5.41, 5.74) is 4.65. The summed E-state index contributed by atoms with van der Waals surface area (Å²) in [6, 6.07) is 20.6. The molecule has 1 heteroatoms. The first-order valence-corrected chi connectivity index (χ1v) is 7.13. The lowest BCUT2D eigenvalue weighted by Crippen LogP contribution is -2.00. The monoisotopic (exact) mass is 274 g/mol. The van der Waals surface area contributed by atoms with Gasteiger partial charge in [0.2, 0.25) is 0 Å². The van der Waals surface area contributed by atoms with Gasteiger partial charge in [-0.25, -0.2) is 0 Å². The molecule has 0 saturated carbocycles. The Kier molecular flexibility index (Phi) is 3.74. The van der Waals surface area contributed by atoms with Gasteiger partial charge in [0.15, 0.2) is 0 Å². The highest BCUT2D eigenvalue weighted by Gasteiger charge is 2.14. The lowest BCUT2D eigenvalue weighted by molar-refractivity contribution is 0.392. The van der Waals surface area contributed by atoms with E-state index in [-0.39, 0.29) is 0 Å². The minimum absolute atomic E-state index is 0.896. The van der Waals surface area contributed by atoms with Crippen LogP contribution < -0.4 is 0 Å². The second kappa shape index (κ2) is 5.84. The third-order valence-electron chi connectivity index (χ3n) is 3.45. The van der Waals surface area contributed by atoms with Gasteiger partial charge in [-0.1, -0.05) is 60.7 Å². The van der Waals surface area contributed by atoms with Crippen LogP contribution in [0.1, 0.15) is 25.0 Å². The van der Waals surface area contributed by atoms with Crippen LogP contribution in [0.25, 0.3) is 11.3 Å². The van der Waals surface area contributed by atoms with Crippen LogP contribution in [-0.4, -0.2) is 0 Å². The van der Waals surface area contributed by atoms with E-state index in [1.165, 1.54) is 16.7 Å². The van der Waals surface area contributed by atoms with E-state index in [1.54, 1.807) is 0 Å². The molecule has 0 amide bonds. The second-order valence-corrected chi connectivity index (χ2v) is 5.31. The van der Waals surface area contributed by atoms with Crippen molar-refractivity contribution in [2.24, 2.45) is 0 Å². The number of hydrogen-bond acceptors (Lipinski definition) is 1. The highest BCUT2D eigenvalue weighted by molar-refractivity contribution is 5.85. The molecule has 1 aliphatic rings. The number of ether oxygens (including phenoxy) is 1. The molecule has 0 radical (unpaired) electrons. The molecule has 21 heavy (non-hydrogen) atoms. The van der Waals surface area contributed by atoms with Crippen molar-refractivity contribution in [1.82, 2.24) is 0 Å². The third-order valence-corrected chi connectivity index (χ3v) is 3.45. The maximum Gasteiger partial charge on any atom is 0.135 e. The van der Waals surface area contributed by atoms with Crippen LogP contribution in [0.5, 0.6) is 0 Å². The maximum absolute atomic E-state index is 6.05. The first kappa shape index (κ1) is 13.4. The summed E-state index contributed by atoms with van der Waals surface area (Å²) >= 11 is 0. The Hall–Kier alpha value is -2.54. The van der Waals surface area contributed by atoms with Crippen molar-refractivity contribution in [3.8, 4) is 0 Å². The fraction of sp³-hybridized carbons (Fsp3) is 0.100. The number of hydrogen-bond donors (Lipinski definition) is 0. The summed E-state index contributed by atoms with van der Waals surface area (Å²) in [6.45, 7) is 4.14. The third kappa shape index (κ3) is 2.97. The van der Waals surface area contributed by atoms with Crippen molar-refractivity contribution < 1.29 is 4.74 Å². The molecule has 0 spiro atoms. The first-order chi connectivity index (χ1) is 10.2. The molecule has 3 rings (SSSR count). The predicted molar refractivity (Wildman–Crippen MR) is 88.3 cm³/mol. The topological polar surface area (TPSA) is 9.23 Å². The van der Waals surface area contributed by atoms with Crippen LogP contribution in [0.3, 0.4) is 0 Å². The zero-order chi connectivity index (χ0) is 14.7. The SMILES string of the molecule is CC(C)=C1C=C(c2ccccc2)C=C(c2ccccc2)O1. The lowest BCUT2D eigenvalue weighted by Gasteiger charge is -2.19. The van der Waals surface area contributed by atoms with Crippen LogP contribution in [0.15, 0.2) is 84.1 Å². The van der Waals surface area contributed by atoms with Crippen molar-refractivity contribution in [1.29, 1.82) is 0 Å². The molecule has 0 saturated heterocycles. The van der Waals surface area contributed by atoms with E-state index in [0.29, 0.717) is 0 Å². The molecule has 0 aliphatic carbocycles. The van der Waals surface area contributed by atoms with Crippen molar-refractivity contribution in [2.45, 2.75) is 13.8 Å². The molecule has 0 bridgehead atoms. The molecular formula is C20H18O. The van der Waals surface area contributed by atoms with Crippen molar-refractivity contribution in [2.75, 3.05) is 0 Å². The minimum Gasteiger partial charge on any atom is -0.457 e. The molecule has 0 atom stereocenters. The van der Waals surface area contributed by atoms with E-state index in [4.69, 9.17) is 4.74 Å². The molecule has 104 valence electrons. The van der Waals surface area contributed by atoms with E-state index in [1.807, 2.05) is 24.3 Å². The zero-order valence-corrected chi connectivity index (χ0v) is 12.3. The second-order valence-electron chi connectivity index (χ2n) is 5.31. The van der Waals surface area contributed by atoms with E-state index < -0.39 is 0 Å². The summed E-state index contributed by atoms with van der Waals surface area (Å²) in [7, 11) is 0. The van der Waals surface area contributed by atoms with Gasteiger partial charge in [0.1, 0.15) is 11.5 Å². The Morgan fingerprint density at radius 1 is 0.714 bits per heavy atom. The predicted octanol–water partition coefficient (Wildman–Crippen LogP) is 5.44. The quantitative estimate of drug-likeness (QED) is 0.709. The summed E-state index contributed by atoms with van der Waals surface area (Å²) < 4.78 is 6.05. The highest BCUT2D eigenvalue weighted by Crippen LogP contribution is 2.32. The summed E-state index contributed by atoms with van der Waals surface area (Å²) in [4.78, 5) is 0. The molecule has 1 heterocycles. The molecule has 1 nitrogen and oxygen atoms in total. The normalized spacial score (nSPS) is 14.1. The number of rotatable bonds is 2. The van der Waals surface area contributed by atoms with E-state index in [9.17, 15) is 0 Å². The van der Waals surface area contributed by atoms with Crippen molar-refractivity contribution in [3.63, 3.8) is 0 Å². The van der Waals surface area contributed by atoms with Gasteiger partial charge in [-0.05, 0) is 42.7 Å². The van der Waals surface area contributed by atoms with Crippen molar-refractivity contribution >= 4 is 11.3 Å². The molecule has 1 aliphatic heterocycles. The fourth-order valence-corrected chi connectivity index (χ4v) is 2.29. The average molecular weight is 274 g/mol.